The van der Waals surface area contributed by atoms with E-state index in [0.29, 0.717) is 23.5 Å². The maximum atomic E-state index is 12.2. The van der Waals surface area contributed by atoms with Crippen LogP contribution in [0.5, 0.6) is 0 Å². The number of hydrogen-bond donors (Lipinski definition) is 3. The minimum Gasteiger partial charge on any atom is -0.397 e. The molecule has 0 spiro atoms. The van der Waals surface area contributed by atoms with Crippen LogP contribution in [0, 0.1) is 0 Å². The molecule has 0 unspecified atom stereocenters. The minimum atomic E-state index is -0.145. The zero-order valence-corrected chi connectivity index (χ0v) is 12.6. The number of aryl methyl sites for hydroxylation is 2. The van der Waals surface area contributed by atoms with Crippen LogP contribution in [-0.4, -0.2) is 29.1 Å². The molecule has 112 valence electrons. The summed E-state index contributed by atoms with van der Waals surface area (Å²) in [6.07, 6.45) is 4.68. The van der Waals surface area contributed by atoms with Crippen LogP contribution in [0.3, 0.4) is 0 Å². The van der Waals surface area contributed by atoms with E-state index >= 15 is 0 Å². The molecular weight excluding hydrogens is 286 g/mol. The third-order valence-corrected chi connectivity index (χ3v) is 4.94. The van der Waals surface area contributed by atoms with Gasteiger partial charge in [-0.15, -0.1) is 11.3 Å². The average Bonchev–Trinajstić information content (AvgIpc) is 3.06. The van der Waals surface area contributed by atoms with E-state index in [-0.39, 0.29) is 12.5 Å². The number of thiophene rings is 1. The fourth-order valence-corrected chi connectivity index (χ4v) is 3.70. The van der Waals surface area contributed by atoms with Gasteiger partial charge in [-0.05, 0) is 43.7 Å². The number of rotatable bonds is 5. The number of nitrogens with one attached hydrogen (secondary N) is 1. The largest absolute Gasteiger partial charge is 0.397 e. The lowest BCUT2D eigenvalue weighted by molar-refractivity contribution is 0.0957. The van der Waals surface area contributed by atoms with Gasteiger partial charge in [0.25, 0.3) is 5.91 Å². The van der Waals surface area contributed by atoms with E-state index in [0.717, 1.165) is 41.6 Å². The van der Waals surface area contributed by atoms with Crippen molar-refractivity contribution in [1.29, 1.82) is 0 Å². The van der Waals surface area contributed by atoms with Gasteiger partial charge in [-0.3, -0.25) is 4.79 Å². The lowest BCUT2D eigenvalue weighted by Crippen LogP contribution is -2.24. The summed E-state index contributed by atoms with van der Waals surface area (Å²) < 4.78 is 0. The Morgan fingerprint density at radius 1 is 1.43 bits per heavy atom. The summed E-state index contributed by atoms with van der Waals surface area (Å²) in [5.74, 6) is -0.145. The van der Waals surface area contributed by atoms with Crippen LogP contribution in [0.4, 0.5) is 5.69 Å². The Kier molecular flexibility index (Phi) is 4.07. The van der Waals surface area contributed by atoms with Crippen molar-refractivity contribution in [3.63, 3.8) is 0 Å². The van der Waals surface area contributed by atoms with Crippen molar-refractivity contribution in [3.8, 4) is 0 Å². The maximum absolute atomic E-state index is 12.2. The first-order chi connectivity index (χ1) is 10.2. The number of nitrogen functional groups attached to an aromatic ring is 1. The number of aliphatic hydroxyl groups excluding tert-OH is 1. The van der Waals surface area contributed by atoms with Crippen molar-refractivity contribution < 1.29 is 9.90 Å². The van der Waals surface area contributed by atoms with Gasteiger partial charge in [-0.25, -0.2) is 4.98 Å². The van der Waals surface area contributed by atoms with Crippen molar-refractivity contribution in [2.45, 2.75) is 32.1 Å². The molecule has 0 aliphatic heterocycles. The number of anilines is 1. The van der Waals surface area contributed by atoms with Gasteiger partial charge in [0, 0.05) is 24.2 Å². The summed E-state index contributed by atoms with van der Waals surface area (Å²) in [5.41, 5.74) is 9.09. The molecule has 2 aromatic rings. The first-order valence-corrected chi connectivity index (χ1v) is 8.12. The predicted molar refractivity (Wildman–Crippen MR) is 84.7 cm³/mol. The molecule has 4 N–H and O–H groups in total. The van der Waals surface area contributed by atoms with Crippen LogP contribution < -0.4 is 11.1 Å². The fraction of sp³-hybridized carbons (Fsp3) is 0.467. The number of nitrogens with zero attached hydrogens (tertiary/aromatic N) is 1. The van der Waals surface area contributed by atoms with Gasteiger partial charge in [0.15, 0.2) is 0 Å². The van der Waals surface area contributed by atoms with Crippen molar-refractivity contribution in [3.05, 3.63) is 22.2 Å². The van der Waals surface area contributed by atoms with Crippen LogP contribution in [0.1, 0.15) is 40.2 Å². The van der Waals surface area contributed by atoms with Crippen molar-refractivity contribution in [1.82, 2.24) is 10.3 Å². The van der Waals surface area contributed by atoms with Crippen molar-refractivity contribution in [2.75, 3.05) is 18.9 Å². The minimum absolute atomic E-state index is 0.145. The number of aliphatic hydroxyl groups is 1. The summed E-state index contributed by atoms with van der Waals surface area (Å²) in [6.45, 7) is 0.702. The SMILES string of the molecule is Nc1c(C(=O)NCCCCO)sc2nc3c(cc12)CCC3. The number of unbranched alkanes of at least 4 members (excludes halogenated alkanes) is 1. The standard InChI is InChI=1S/C15H19N3O2S/c16-12-10-8-9-4-3-5-11(9)18-15(10)21-13(12)14(20)17-6-1-2-7-19/h8,19H,1-7,16H2,(H,17,20). The zero-order chi connectivity index (χ0) is 14.8. The summed E-state index contributed by atoms with van der Waals surface area (Å²) in [6, 6.07) is 2.10. The van der Waals surface area contributed by atoms with E-state index in [1.807, 2.05) is 0 Å². The monoisotopic (exact) mass is 305 g/mol. The lowest BCUT2D eigenvalue weighted by atomic mass is 10.1. The molecule has 2 heterocycles. The summed E-state index contributed by atoms with van der Waals surface area (Å²) in [7, 11) is 0. The summed E-state index contributed by atoms with van der Waals surface area (Å²) >= 11 is 1.36. The molecule has 6 heteroatoms. The Bertz CT molecular complexity index is 681. The highest BCUT2D eigenvalue weighted by atomic mass is 32.1. The lowest BCUT2D eigenvalue weighted by Gasteiger charge is -2.03. The number of carbonyl (C=O) groups is 1. The van der Waals surface area contributed by atoms with Crippen LogP contribution in [0.15, 0.2) is 6.07 Å². The van der Waals surface area contributed by atoms with E-state index in [2.05, 4.69) is 16.4 Å². The molecule has 1 amide bonds. The Morgan fingerprint density at radius 2 is 2.29 bits per heavy atom. The van der Waals surface area contributed by atoms with Gasteiger partial charge in [0.2, 0.25) is 0 Å². The van der Waals surface area contributed by atoms with Crippen LogP contribution in [0.25, 0.3) is 10.2 Å². The van der Waals surface area contributed by atoms with E-state index < -0.39 is 0 Å². The number of amides is 1. The molecule has 2 aromatic heterocycles. The number of fused-ring (bicyclic) bond motifs is 2. The molecule has 21 heavy (non-hydrogen) atoms. The first-order valence-electron chi connectivity index (χ1n) is 7.30. The Hall–Kier alpha value is -1.66. The zero-order valence-electron chi connectivity index (χ0n) is 11.8. The second-order valence-corrected chi connectivity index (χ2v) is 6.33. The smallest absolute Gasteiger partial charge is 0.263 e. The molecule has 0 saturated carbocycles. The highest BCUT2D eigenvalue weighted by Crippen LogP contribution is 2.35. The molecule has 0 saturated heterocycles. The molecule has 0 aromatic carbocycles. The third-order valence-electron chi connectivity index (χ3n) is 3.83. The number of carbonyl (C=O) groups excluding carboxylic acids is 1. The van der Waals surface area contributed by atoms with Gasteiger partial charge >= 0.3 is 0 Å². The van der Waals surface area contributed by atoms with E-state index in [1.54, 1.807) is 0 Å². The summed E-state index contributed by atoms with van der Waals surface area (Å²) in [4.78, 5) is 18.2. The highest BCUT2D eigenvalue weighted by molar-refractivity contribution is 7.21. The Balaban J connectivity index is 1.83. The first kappa shape index (κ1) is 14.3. The number of pyridine rings is 1. The molecule has 0 fully saturated rings. The normalized spacial score (nSPS) is 13.6. The van der Waals surface area contributed by atoms with E-state index in [1.165, 1.54) is 16.9 Å². The third kappa shape index (κ3) is 2.73. The molecule has 5 nitrogen and oxygen atoms in total. The van der Waals surface area contributed by atoms with Gasteiger partial charge in [-0.2, -0.15) is 0 Å². The number of aromatic nitrogens is 1. The van der Waals surface area contributed by atoms with Crippen molar-refractivity contribution in [2.24, 2.45) is 0 Å². The van der Waals surface area contributed by atoms with Crippen molar-refractivity contribution >= 4 is 33.1 Å². The van der Waals surface area contributed by atoms with Gasteiger partial charge in [0.1, 0.15) is 9.71 Å². The van der Waals surface area contributed by atoms with Gasteiger partial charge in [0.05, 0.1) is 5.69 Å². The van der Waals surface area contributed by atoms with E-state index in [9.17, 15) is 4.79 Å². The molecule has 1 aliphatic rings. The predicted octanol–water partition coefficient (Wildman–Crippen LogP) is 1.87. The quantitative estimate of drug-likeness (QED) is 0.736. The Morgan fingerprint density at radius 3 is 3.10 bits per heavy atom. The molecule has 0 bridgehead atoms. The summed E-state index contributed by atoms with van der Waals surface area (Å²) in [5, 5.41) is 12.5. The topological polar surface area (TPSA) is 88.2 Å². The van der Waals surface area contributed by atoms with Gasteiger partial charge < -0.3 is 16.2 Å². The van der Waals surface area contributed by atoms with Crippen LogP contribution in [0.2, 0.25) is 0 Å². The second kappa shape index (κ2) is 5.99. The van der Waals surface area contributed by atoms with Crippen LogP contribution >= 0.6 is 11.3 Å². The molecule has 0 atom stereocenters. The Labute approximate surface area is 127 Å². The average molecular weight is 305 g/mol. The van der Waals surface area contributed by atoms with E-state index in [4.69, 9.17) is 10.8 Å². The highest BCUT2D eigenvalue weighted by Gasteiger charge is 2.20. The molecule has 3 rings (SSSR count). The van der Waals surface area contributed by atoms with Gasteiger partial charge in [-0.1, -0.05) is 0 Å². The molecule has 0 radical (unpaired) electrons. The number of hydrogen-bond acceptors (Lipinski definition) is 5. The number of nitrogens with two attached hydrogens (primary N) is 1. The molecule has 1 aliphatic carbocycles. The van der Waals surface area contributed by atoms with Crippen LogP contribution in [-0.2, 0) is 12.8 Å². The maximum Gasteiger partial charge on any atom is 0.263 e. The fourth-order valence-electron chi connectivity index (χ4n) is 2.69. The molecular formula is C15H19N3O2S. The second-order valence-electron chi connectivity index (χ2n) is 5.33.